The molecule has 4 N–H and O–H groups in total. The third kappa shape index (κ3) is 4.16. The molecule has 0 bridgehead atoms. The summed E-state index contributed by atoms with van der Waals surface area (Å²) >= 11 is 0. The Hall–Kier alpha value is -2.74. The van der Waals surface area contributed by atoms with Gasteiger partial charge < -0.3 is 20.5 Å². The Balaban J connectivity index is 1.89. The molecule has 1 fully saturated rings. The fraction of sp³-hybridized carbons (Fsp3) is 0.421. The second-order valence-electron chi connectivity index (χ2n) is 6.96. The number of aromatic nitrogens is 2. The molecular formula is C19H24FN5O2. The van der Waals surface area contributed by atoms with Gasteiger partial charge in [0.1, 0.15) is 12.1 Å². The average molecular weight is 373 g/mol. The first-order valence-corrected chi connectivity index (χ1v) is 8.91. The lowest BCUT2D eigenvalue weighted by Crippen LogP contribution is -2.22. The zero-order valence-corrected chi connectivity index (χ0v) is 15.4. The molecule has 0 radical (unpaired) electrons. The Morgan fingerprint density at radius 1 is 1.41 bits per heavy atom. The summed E-state index contributed by atoms with van der Waals surface area (Å²) in [6, 6.07) is 4.32. The van der Waals surface area contributed by atoms with Crippen molar-refractivity contribution in [3.05, 3.63) is 41.6 Å². The number of benzene rings is 1. The number of ether oxygens (including phenoxy) is 1. The van der Waals surface area contributed by atoms with Crippen LogP contribution in [0.1, 0.15) is 31.5 Å². The Bertz CT molecular complexity index is 843. The summed E-state index contributed by atoms with van der Waals surface area (Å²) in [4.78, 5) is 10.5. The molecule has 27 heavy (non-hydrogen) atoms. The minimum atomic E-state index is -0.562. The zero-order chi connectivity index (χ0) is 19.6. The number of hydrogen-bond acceptors (Lipinski definition) is 7. The van der Waals surface area contributed by atoms with Gasteiger partial charge in [-0.05, 0) is 26.3 Å². The molecule has 144 valence electrons. The maximum atomic E-state index is 14.1. The van der Waals surface area contributed by atoms with Crippen LogP contribution in [0.25, 0.3) is 0 Å². The number of nitrogen functional groups attached to an aromatic ring is 1. The fourth-order valence-corrected chi connectivity index (χ4v) is 3.11. The number of rotatable bonds is 6. The number of aliphatic hydroxyl groups is 1. The lowest BCUT2D eigenvalue weighted by molar-refractivity contribution is 0.231. The van der Waals surface area contributed by atoms with Gasteiger partial charge in [-0.25, -0.2) is 14.4 Å². The third-order valence-corrected chi connectivity index (χ3v) is 4.51. The predicted molar refractivity (Wildman–Crippen MR) is 102 cm³/mol. The summed E-state index contributed by atoms with van der Waals surface area (Å²) in [6.07, 6.45) is 2.09. The van der Waals surface area contributed by atoms with Gasteiger partial charge in [0.2, 0.25) is 0 Å². The van der Waals surface area contributed by atoms with Crippen LogP contribution in [0.4, 0.5) is 15.9 Å². The van der Waals surface area contributed by atoms with E-state index in [0.29, 0.717) is 23.6 Å². The fourth-order valence-electron chi connectivity index (χ4n) is 3.11. The second kappa shape index (κ2) is 7.87. The highest BCUT2D eigenvalue weighted by molar-refractivity contribution is 6.13. The second-order valence-corrected chi connectivity index (χ2v) is 6.96. The van der Waals surface area contributed by atoms with Crippen LogP contribution in [0.2, 0.25) is 0 Å². The van der Waals surface area contributed by atoms with Crippen molar-refractivity contribution < 1.29 is 14.2 Å². The number of halogens is 1. The molecule has 0 spiro atoms. The lowest BCUT2D eigenvalue weighted by Gasteiger charge is -2.18. The van der Waals surface area contributed by atoms with Gasteiger partial charge in [0.05, 0.1) is 17.5 Å². The molecule has 2 heterocycles. The number of aliphatic hydroxyl groups excluding tert-OH is 1. The lowest BCUT2D eigenvalue weighted by atomic mass is 10.0. The first-order valence-electron chi connectivity index (χ1n) is 8.91. The van der Waals surface area contributed by atoms with Crippen molar-refractivity contribution in [2.75, 3.05) is 30.3 Å². The SMILES string of the molecule is CC(C)Oc1cc(C(=N)c2cc(N3CC[C@@H](CO)C3)ncn2)c(N)cc1F. The Morgan fingerprint density at radius 2 is 2.19 bits per heavy atom. The standard InChI is InChI=1S/C19H24FN5O2/c1-11(2)27-17-5-13(15(21)6-14(17)20)19(22)16-7-18(24-10-23-16)25-4-3-12(8-25)9-26/h5-7,10-12,22,26H,3-4,8-9,21H2,1-2H3/t12-/m1/s1. The molecular weight excluding hydrogens is 349 g/mol. The van der Waals surface area contributed by atoms with Crippen LogP contribution in [-0.2, 0) is 0 Å². The topological polar surface area (TPSA) is 108 Å². The number of anilines is 2. The molecule has 0 unspecified atom stereocenters. The highest BCUT2D eigenvalue weighted by Gasteiger charge is 2.24. The molecule has 1 atom stereocenters. The molecule has 1 aliphatic heterocycles. The highest BCUT2D eigenvalue weighted by Crippen LogP contribution is 2.28. The van der Waals surface area contributed by atoms with Gasteiger partial charge in [-0.15, -0.1) is 0 Å². The van der Waals surface area contributed by atoms with Gasteiger partial charge in [-0.2, -0.15) is 0 Å². The monoisotopic (exact) mass is 373 g/mol. The van der Waals surface area contributed by atoms with Crippen LogP contribution in [-0.4, -0.2) is 46.6 Å². The van der Waals surface area contributed by atoms with Crippen LogP contribution in [0.15, 0.2) is 24.5 Å². The molecule has 0 saturated carbocycles. The number of hydrogen-bond donors (Lipinski definition) is 3. The molecule has 1 aliphatic rings. The number of nitrogens with zero attached hydrogens (tertiary/aromatic N) is 3. The van der Waals surface area contributed by atoms with Crippen molar-refractivity contribution in [3.8, 4) is 5.75 Å². The molecule has 8 heteroatoms. The molecule has 1 saturated heterocycles. The third-order valence-electron chi connectivity index (χ3n) is 4.51. The normalized spacial score (nSPS) is 16.8. The quantitative estimate of drug-likeness (QED) is 0.529. The van der Waals surface area contributed by atoms with Crippen LogP contribution in [0, 0.1) is 17.1 Å². The van der Waals surface area contributed by atoms with Crippen LogP contribution in [0.5, 0.6) is 5.75 Å². The van der Waals surface area contributed by atoms with Gasteiger partial charge in [-0.1, -0.05) is 0 Å². The van der Waals surface area contributed by atoms with E-state index in [2.05, 4.69) is 14.9 Å². The minimum Gasteiger partial charge on any atom is -0.488 e. The van der Waals surface area contributed by atoms with E-state index in [1.54, 1.807) is 19.9 Å². The van der Waals surface area contributed by atoms with Gasteiger partial charge in [0.25, 0.3) is 0 Å². The highest BCUT2D eigenvalue weighted by atomic mass is 19.1. The zero-order valence-electron chi connectivity index (χ0n) is 15.4. The van der Waals surface area contributed by atoms with Gasteiger partial charge in [0.15, 0.2) is 11.6 Å². The van der Waals surface area contributed by atoms with E-state index in [1.165, 1.54) is 12.4 Å². The smallest absolute Gasteiger partial charge is 0.167 e. The summed E-state index contributed by atoms with van der Waals surface area (Å²) in [5, 5.41) is 17.8. The van der Waals surface area contributed by atoms with E-state index in [0.717, 1.165) is 19.0 Å². The molecule has 7 nitrogen and oxygen atoms in total. The molecule has 0 aliphatic carbocycles. The number of nitrogens with two attached hydrogens (primary N) is 1. The predicted octanol–water partition coefficient (Wildman–Crippen LogP) is 2.22. The molecule has 2 aromatic rings. The van der Waals surface area contributed by atoms with Gasteiger partial charge >= 0.3 is 0 Å². The van der Waals surface area contributed by atoms with Crippen molar-refractivity contribution in [1.29, 1.82) is 5.41 Å². The van der Waals surface area contributed by atoms with Gasteiger partial charge in [-0.3, -0.25) is 5.41 Å². The van der Waals surface area contributed by atoms with Crippen LogP contribution >= 0.6 is 0 Å². The summed E-state index contributed by atoms with van der Waals surface area (Å²) in [7, 11) is 0. The first kappa shape index (κ1) is 19.0. The van der Waals surface area contributed by atoms with Crippen molar-refractivity contribution in [2.24, 2.45) is 5.92 Å². The maximum absolute atomic E-state index is 14.1. The number of nitrogens with one attached hydrogen (secondary N) is 1. The van der Waals surface area contributed by atoms with Crippen molar-refractivity contribution in [1.82, 2.24) is 9.97 Å². The maximum Gasteiger partial charge on any atom is 0.167 e. The van der Waals surface area contributed by atoms with E-state index < -0.39 is 5.82 Å². The van der Waals surface area contributed by atoms with E-state index in [9.17, 15) is 9.50 Å². The summed E-state index contributed by atoms with van der Waals surface area (Å²) in [6.45, 7) is 5.25. The van der Waals surface area contributed by atoms with Crippen molar-refractivity contribution in [2.45, 2.75) is 26.4 Å². The van der Waals surface area contributed by atoms with E-state index >= 15 is 0 Å². The van der Waals surface area contributed by atoms with E-state index in [-0.39, 0.29) is 35.8 Å². The summed E-state index contributed by atoms with van der Waals surface area (Å²) < 4.78 is 19.5. The Kier molecular flexibility index (Phi) is 5.55. The van der Waals surface area contributed by atoms with Gasteiger partial charge in [0, 0.05) is 49.0 Å². The summed E-state index contributed by atoms with van der Waals surface area (Å²) in [5.41, 5.74) is 6.90. The van der Waals surface area contributed by atoms with E-state index in [4.69, 9.17) is 15.9 Å². The van der Waals surface area contributed by atoms with Crippen LogP contribution in [0.3, 0.4) is 0 Å². The van der Waals surface area contributed by atoms with Crippen molar-refractivity contribution in [3.63, 3.8) is 0 Å². The summed E-state index contributed by atoms with van der Waals surface area (Å²) in [5.74, 6) is 0.415. The van der Waals surface area contributed by atoms with E-state index in [1.807, 2.05) is 0 Å². The molecule has 1 aromatic carbocycles. The van der Waals surface area contributed by atoms with Crippen molar-refractivity contribution >= 4 is 17.2 Å². The minimum absolute atomic E-state index is 0.0542. The first-order chi connectivity index (χ1) is 12.9. The average Bonchev–Trinajstić information content (AvgIpc) is 3.12. The van der Waals surface area contributed by atoms with Crippen LogP contribution < -0.4 is 15.4 Å². The molecule has 3 rings (SSSR count). The Morgan fingerprint density at radius 3 is 2.85 bits per heavy atom. The Labute approximate surface area is 157 Å². The molecule has 0 amide bonds. The molecule has 1 aromatic heterocycles. The largest absolute Gasteiger partial charge is 0.488 e.